The minimum absolute atomic E-state index is 0.0333. The van der Waals surface area contributed by atoms with Crippen molar-refractivity contribution < 1.29 is 22.7 Å². The van der Waals surface area contributed by atoms with Crippen molar-refractivity contribution in [2.75, 3.05) is 17.1 Å². The Balaban J connectivity index is 1.29. The van der Waals surface area contributed by atoms with Crippen molar-refractivity contribution in [3.8, 4) is 23.1 Å². The van der Waals surface area contributed by atoms with Gasteiger partial charge in [-0.05, 0) is 101 Å². The number of hydrogen-bond donors (Lipinski definition) is 3. The maximum atomic E-state index is 13.0. The SMILES string of the molecule is COc1nc(NS(=O)(=O)c2ccccc2C#N)ccc1-c1cc2cnc(N[C@H]3CC[C@H](NC(=O)OC(C)(C)C)CC3)nc2cc1C. The van der Waals surface area contributed by atoms with Crippen molar-refractivity contribution in [1.82, 2.24) is 20.3 Å². The van der Waals surface area contributed by atoms with Gasteiger partial charge in [-0.3, -0.25) is 4.72 Å². The van der Waals surface area contributed by atoms with Gasteiger partial charge in [-0.25, -0.2) is 23.2 Å². The zero-order chi connectivity index (χ0) is 33.1. The van der Waals surface area contributed by atoms with Crippen molar-refractivity contribution in [2.24, 2.45) is 0 Å². The molecule has 46 heavy (non-hydrogen) atoms. The second kappa shape index (κ2) is 13.2. The summed E-state index contributed by atoms with van der Waals surface area (Å²) in [6.07, 6.45) is 4.77. The highest BCUT2D eigenvalue weighted by molar-refractivity contribution is 7.92. The van der Waals surface area contributed by atoms with E-state index in [1.54, 1.807) is 30.5 Å². The fraction of sp³-hybridized carbons (Fsp3) is 0.364. The Morgan fingerprint density at radius 2 is 1.72 bits per heavy atom. The second-order valence-corrected chi connectivity index (χ2v) is 13.9. The number of methoxy groups -OCH3 is 1. The minimum atomic E-state index is -4.06. The zero-order valence-electron chi connectivity index (χ0n) is 26.4. The number of hydrogen-bond acceptors (Lipinski definition) is 10. The number of benzene rings is 2. The number of nitriles is 1. The maximum Gasteiger partial charge on any atom is 0.407 e. The fourth-order valence-electron chi connectivity index (χ4n) is 5.43. The molecule has 13 heteroatoms. The monoisotopic (exact) mass is 643 g/mol. The Labute approximate surface area is 268 Å². The molecular weight excluding hydrogens is 606 g/mol. The van der Waals surface area contributed by atoms with E-state index < -0.39 is 15.6 Å². The van der Waals surface area contributed by atoms with Crippen LogP contribution in [0.3, 0.4) is 0 Å². The van der Waals surface area contributed by atoms with Crippen molar-refractivity contribution in [3.05, 3.63) is 65.9 Å². The Morgan fingerprint density at radius 3 is 2.41 bits per heavy atom. The van der Waals surface area contributed by atoms with E-state index in [0.29, 0.717) is 11.5 Å². The molecule has 0 unspecified atom stereocenters. The number of carbonyl (C=O) groups is 1. The molecule has 5 rings (SSSR count). The third kappa shape index (κ3) is 7.63. The highest BCUT2D eigenvalue weighted by Crippen LogP contribution is 2.35. The van der Waals surface area contributed by atoms with Crippen LogP contribution in [-0.2, 0) is 14.8 Å². The summed E-state index contributed by atoms with van der Waals surface area (Å²) in [5, 5.41) is 16.6. The first kappa shape index (κ1) is 32.4. The Kier molecular flexibility index (Phi) is 9.29. The molecule has 12 nitrogen and oxygen atoms in total. The molecule has 4 aromatic rings. The molecule has 240 valence electrons. The van der Waals surface area contributed by atoms with Crippen LogP contribution in [0.15, 0.2) is 59.6 Å². The van der Waals surface area contributed by atoms with E-state index in [4.69, 9.17) is 14.5 Å². The highest BCUT2D eigenvalue weighted by Gasteiger charge is 2.25. The molecule has 2 heterocycles. The first-order valence-corrected chi connectivity index (χ1v) is 16.4. The Morgan fingerprint density at radius 1 is 1.00 bits per heavy atom. The third-order valence-corrected chi connectivity index (χ3v) is 9.00. The van der Waals surface area contributed by atoms with Gasteiger partial charge in [-0.15, -0.1) is 0 Å². The summed E-state index contributed by atoms with van der Waals surface area (Å²) in [6, 6.07) is 15.3. The molecule has 2 aromatic heterocycles. The number of aryl methyl sites for hydroxylation is 1. The third-order valence-electron chi connectivity index (χ3n) is 7.59. The number of amides is 1. The average Bonchev–Trinajstić information content (AvgIpc) is 3.00. The Hall–Kier alpha value is -4.96. The van der Waals surface area contributed by atoms with E-state index in [1.165, 1.54) is 19.2 Å². The van der Waals surface area contributed by atoms with E-state index in [2.05, 4.69) is 25.3 Å². The molecule has 2 aromatic carbocycles. The van der Waals surface area contributed by atoms with Crippen molar-refractivity contribution in [2.45, 2.75) is 76.0 Å². The summed E-state index contributed by atoms with van der Waals surface area (Å²) in [7, 11) is -2.59. The Bertz CT molecular complexity index is 1910. The van der Waals surface area contributed by atoms with Gasteiger partial charge < -0.3 is 20.1 Å². The number of rotatable bonds is 8. The number of aromatic nitrogens is 3. The number of alkyl carbamates (subject to hydrolysis) is 1. The smallest absolute Gasteiger partial charge is 0.407 e. The van der Waals surface area contributed by atoms with Gasteiger partial charge in [0.25, 0.3) is 10.0 Å². The van der Waals surface area contributed by atoms with E-state index in [-0.39, 0.29) is 40.3 Å². The number of sulfonamides is 1. The van der Waals surface area contributed by atoms with Gasteiger partial charge in [0, 0.05) is 29.2 Å². The van der Waals surface area contributed by atoms with Gasteiger partial charge in [0.15, 0.2) is 0 Å². The lowest BCUT2D eigenvalue weighted by atomic mass is 9.91. The number of nitrogens with zero attached hydrogens (tertiary/aromatic N) is 4. The van der Waals surface area contributed by atoms with E-state index in [9.17, 15) is 18.5 Å². The lowest BCUT2D eigenvalue weighted by Gasteiger charge is -2.30. The number of fused-ring (bicyclic) bond motifs is 1. The van der Waals surface area contributed by atoms with E-state index in [0.717, 1.165) is 47.7 Å². The highest BCUT2D eigenvalue weighted by atomic mass is 32.2. The first-order valence-electron chi connectivity index (χ1n) is 15.0. The average molecular weight is 644 g/mol. The molecule has 0 spiro atoms. The zero-order valence-corrected chi connectivity index (χ0v) is 27.2. The van der Waals surface area contributed by atoms with Gasteiger partial charge in [0.05, 0.1) is 18.2 Å². The number of pyridine rings is 1. The van der Waals surface area contributed by atoms with Crippen LogP contribution in [0.25, 0.3) is 22.0 Å². The molecule has 0 saturated heterocycles. The summed E-state index contributed by atoms with van der Waals surface area (Å²) >= 11 is 0. The van der Waals surface area contributed by atoms with E-state index in [1.807, 2.05) is 45.9 Å². The first-order chi connectivity index (χ1) is 21.8. The summed E-state index contributed by atoms with van der Waals surface area (Å²) in [5.41, 5.74) is 2.70. The molecule has 0 bridgehead atoms. The number of ether oxygens (including phenoxy) is 2. The molecule has 1 aliphatic rings. The minimum Gasteiger partial charge on any atom is -0.480 e. The number of nitrogens with one attached hydrogen (secondary N) is 3. The second-order valence-electron chi connectivity index (χ2n) is 12.2. The normalized spacial score (nSPS) is 16.7. The molecule has 0 radical (unpaired) electrons. The van der Waals surface area contributed by atoms with Gasteiger partial charge in [-0.1, -0.05) is 12.1 Å². The summed E-state index contributed by atoms with van der Waals surface area (Å²) in [4.78, 5) is 25.7. The largest absolute Gasteiger partial charge is 0.480 e. The lowest BCUT2D eigenvalue weighted by Crippen LogP contribution is -2.42. The molecule has 3 N–H and O–H groups in total. The molecule has 1 fully saturated rings. The van der Waals surface area contributed by atoms with Crippen LogP contribution in [0.5, 0.6) is 5.88 Å². The predicted molar refractivity (Wildman–Crippen MR) is 175 cm³/mol. The van der Waals surface area contributed by atoms with Crippen LogP contribution in [0.2, 0.25) is 0 Å². The van der Waals surface area contributed by atoms with Crippen molar-refractivity contribution in [3.63, 3.8) is 0 Å². The van der Waals surface area contributed by atoms with Crippen molar-refractivity contribution >= 4 is 38.8 Å². The molecular formula is C33H37N7O5S. The van der Waals surface area contributed by atoms with Gasteiger partial charge in [-0.2, -0.15) is 10.2 Å². The summed E-state index contributed by atoms with van der Waals surface area (Å²) in [5.74, 6) is 0.824. The molecule has 0 atom stereocenters. The topological polar surface area (TPSA) is 168 Å². The van der Waals surface area contributed by atoms with Gasteiger partial charge >= 0.3 is 6.09 Å². The van der Waals surface area contributed by atoms with Crippen LogP contribution in [-0.4, -0.2) is 54.3 Å². The van der Waals surface area contributed by atoms with E-state index >= 15 is 0 Å². The molecule has 1 aliphatic carbocycles. The van der Waals surface area contributed by atoms with Crippen molar-refractivity contribution in [1.29, 1.82) is 5.26 Å². The summed E-state index contributed by atoms with van der Waals surface area (Å²) in [6.45, 7) is 7.50. The van der Waals surface area contributed by atoms with Crippen LogP contribution >= 0.6 is 0 Å². The fourth-order valence-corrected chi connectivity index (χ4v) is 6.59. The quantitative estimate of drug-likeness (QED) is 0.209. The number of anilines is 2. The molecule has 0 aliphatic heterocycles. The summed E-state index contributed by atoms with van der Waals surface area (Å²) < 4.78 is 39.4. The lowest BCUT2D eigenvalue weighted by molar-refractivity contribution is 0.0492. The molecule has 1 amide bonds. The standard InChI is InChI=1S/C33H37N7O5S/c1-20-16-27-22(19-35-31(38-27)36-23-10-12-24(13-11-23)37-32(41)45-33(2,3)4)17-26(20)25-14-15-29(39-30(25)44-5)40-46(42,43)28-9-7-6-8-21(28)18-34/h6-9,14-17,19,23-24H,10-13H2,1-5H3,(H,37,41)(H,39,40)(H,35,36,38)/t23-,24-. The predicted octanol–water partition coefficient (Wildman–Crippen LogP) is 5.93. The van der Waals surface area contributed by atoms with Gasteiger partial charge in [0.2, 0.25) is 11.8 Å². The maximum absolute atomic E-state index is 13.0. The number of carbonyl (C=O) groups excluding carboxylic acids is 1. The van der Waals surface area contributed by atoms with Crippen LogP contribution in [0, 0.1) is 18.3 Å². The molecule has 1 saturated carbocycles. The van der Waals surface area contributed by atoms with Crippen LogP contribution in [0.4, 0.5) is 16.6 Å². The van der Waals surface area contributed by atoms with Gasteiger partial charge in [0.1, 0.15) is 22.4 Å². The van der Waals surface area contributed by atoms with Crippen LogP contribution < -0.4 is 20.1 Å². The van der Waals surface area contributed by atoms with Crippen LogP contribution in [0.1, 0.15) is 57.6 Å².